The maximum Gasteiger partial charge on any atom is 0.0757 e. The highest BCUT2D eigenvalue weighted by molar-refractivity contribution is 7.10. The molecule has 0 aromatic carbocycles. The van der Waals surface area contributed by atoms with E-state index in [1.54, 1.807) is 11.3 Å². The molecule has 1 aromatic heterocycles. The van der Waals surface area contributed by atoms with Crippen LogP contribution in [0.25, 0.3) is 0 Å². The van der Waals surface area contributed by atoms with Crippen molar-refractivity contribution in [1.29, 1.82) is 0 Å². The molecular weight excluding hydrogens is 242 g/mol. The molecule has 1 aromatic rings. The number of rotatable bonds is 4. The van der Waals surface area contributed by atoms with Gasteiger partial charge >= 0.3 is 0 Å². The maximum absolute atomic E-state index is 5.90. The van der Waals surface area contributed by atoms with Gasteiger partial charge in [0, 0.05) is 29.5 Å². The predicted molar refractivity (Wildman–Crippen MR) is 67.0 cm³/mol. The number of hydrogen-bond acceptors (Lipinski definition) is 3. The van der Waals surface area contributed by atoms with Gasteiger partial charge < -0.3 is 10.1 Å². The average Bonchev–Trinajstić information content (AvgIpc) is 2.86. The molecule has 2 aliphatic rings. The zero-order chi connectivity index (χ0) is 11.0. The van der Waals surface area contributed by atoms with Crippen LogP contribution in [0.5, 0.6) is 0 Å². The van der Waals surface area contributed by atoms with Crippen molar-refractivity contribution < 1.29 is 4.74 Å². The third-order valence-corrected chi connectivity index (χ3v) is 4.67. The molecule has 3 rings (SSSR count). The fraction of sp³-hybridized carbons (Fsp3) is 0.667. The second-order valence-corrected chi connectivity index (χ2v) is 6.11. The number of hydrogen-bond donors (Lipinski definition) is 1. The molecule has 16 heavy (non-hydrogen) atoms. The van der Waals surface area contributed by atoms with Crippen LogP contribution in [0.2, 0.25) is 5.02 Å². The van der Waals surface area contributed by atoms with Crippen molar-refractivity contribution in [3.8, 4) is 0 Å². The molecule has 4 heteroatoms. The highest BCUT2D eigenvalue weighted by atomic mass is 35.5. The van der Waals surface area contributed by atoms with Gasteiger partial charge in [0.15, 0.2) is 0 Å². The minimum absolute atomic E-state index is 0.468. The zero-order valence-electron chi connectivity index (χ0n) is 9.12. The summed E-state index contributed by atoms with van der Waals surface area (Å²) in [5.41, 5.74) is 0. The van der Waals surface area contributed by atoms with Crippen molar-refractivity contribution in [3.63, 3.8) is 0 Å². The first-order chi connectivity index (χ1) is 7.83. The van der Waals surface area contributed by atoms with Crippen molar-refractivity contribution in [3.05, 3.63) is 21.3 Å². The summed E-state index contributed by atoms with van der Waals surface area (Å²) in [5, 5.41) is 6.45. The second kappa shape index (κ2) is 4.65. The Labute approximate surface area is 105 Å². The van der Waals surface area contributed by atoms with Crippen LogP contribution in [0, 0.1) is 5.92 Å². The molecule has 1 saturated heterocycles. The fourth-order valence-corrected chi connectivity index (χ4v) is 3.42. The van der Waals surface area contributed by atoms with E-state index in [9.17, 15) is 0 Å². The Morgan fingerprint density at radius 2 is 2.31 bits per heavy atom. The summed E-state index contributed by atoms with van der Waals surface area (Å²) in [5.74, 6) is 0.826. The first-order valence-electron chi connectivity index (χ1n) is 5.91. The molecule has 1 N–H and O–H groups in total. The molecular formula is C12H16ClNOS. The van der Waals surface area contributed by atoms with Gasteiger partial charge in [-0.25, -0.2) is 0 Å². The van der Waals surface area contributed by atoms with Crippen LogP contribution < -0.4 is 5.32 Å². The van der Waals surface area contributed by atoms with Crippen molar-refractivity contribution in [2.45, 2.75) is 38.0 Å². The average molecular weight is 258 g/mol. The molecule has 1 saturated carbocycles. The quantitative estimate of drug-likeness (QED) is 0.895. The van der Waals surface area contributed by atoms with Crippen LogP contribution in [0.1, 0.15) is 24.1 Å². The SMILES string of the molecule is Clc1csc(CNC2CCOC2C2CC2)c1. The summed E-state index contributed by atoms with van der Waals surface area (Å²) in [6, 6.07) is 2.59. The minimum Gasteiger partial charge on any atom is -0.376 e. The van der Waals surface area contributed by atoms with E-state index in [-0.39, 0.29) is 0 Å². The van der Waals surface area contributed by atoms with E-state index in [0.29, 0.717) is 12.1 Å². The monoisotopic (exact) mass is 257 g/mol. The lowest BCUT2D eigenvalue weighted by Gasteiger charge is -2.18. The summed E-state index contributed by atoms with van der Waals surface area (Å²) in [7, 11) is 0. The molecule has 0 spiro atoms. The molecule has 1 aliphatic heterocycles. The zero-order valence-corrected chi connectivity index (χ0v) is 10.7. The standard InChI is InChI=1S/C12H16ClNOS/c13-9-5-10(16-7-9)6-14-11-3-4-15-12(11)8-1-2-8/h5,7-8,11-12,14H,1-4,6H2. The van der Waals surface area contributed by atoms with Crippen LogP contribution in [-0.2, 0) is 11.3 Å². The smallest absolute Gasteiger partial charge is 0.0757 e. The third kappa shape index (κ3) is 2.43. The molecule has 2 nitrogen and oxygen atoms in total. The van der Waals surface area contributed by atoms with E-state index in [1.807, 2.05) is 11.4 Å². The van der Waals surface area contributed by atoms with Crippen LogP contribution in [-0.4, -0.2) is 18.8 Å². The molecule has 0 radical (unpaired) electrons. The van der Waals surface area contributed by atoms with Crippen molar-refractivity contribution in [1.82, 2.24) is 5.32 Å². The molecule has 0 amide bonds. The lowest BCUT2D eigenvalue weighted by Crippen LogP contribution is -2.36. The van der Waals surface area contributed by atoms with Crippen LogP contribution in [0.4, 0.5) is 0 Å². The van der Waals surface area contributed by atoms with Gasteiger partial charge in [-0.1, -0.05) is 11.6 Å². The minimum atomic E-state index is 0.468. The Morgan fingerprint density at radius 3 is 3.00 bits per heavy atom. The lowest BCUT2D eigenvalue weighted by atomic mass is 10.1. The number of nitrogens with one attached hydrogen (secondary N) is 1. The molecule has 2 atom stereocenters. The highest BCUT2D eigenvalue weighted by Crippen LogP contribution is 2.38. The van der Waals surface area contributed by atoms with Gasteiger partial charge in [0.1, 0.15) is 0 Å². The fourth-order valence-electron chi connectivity index (χ4n) is 2.40. The van der Waals surface area contributed by atoms with Crippen LogP contribution in [0.3, 0.4) is 0 Å². The molecule has 0 bridgehead atoms. The van der Waals surface area contributed by atoms with Gasteiger partial charge in [0.05, 0.1) is 11.1 Å². The maximum atomic E-state index is 5.90. The van der Waals surface area contributed by atoms with Crippen LogP contribution >= 0.6 is 22.9 Å². The lowest BCUT2D eigenvalue weighted by molar-refractivity contribution is 0.0809. The van der Waals surface area contributed by atoms with Gasteiger partial charge in [-0.3, -0.25) is 0 Å². The largest absolute Gasteiger partial charge is 0.376 e. The summed E-state index contributed by atoms with van der Waals surface area (Å²) in [6.45, 7) is 1.85. The van der Waals surface area contributed by atoms with E-state index >= 15 is 0 Å². The first kappa shape index (κ1) is 11.0. The Kier molecular flexibility index (Phi) is 3.20. The molecule has 2 unspecified atom stereocenters. The first-order valence-corrected chi connectivity index (χ1v) is 7.16. The van der Waals surface area contributed by atoms with E-state index in [0.717, 1.165) is 30.5 Å². The molecule has 1 aliphatic carbocycles. The third-order valence-electron chi connectivity index (χ3n) is 3.38. The second-order valence-electron chi connectivity index (χ2n) is 4.68. The molecule has 2 heterocycles. The topological polar surface area (TPSA) is 21.3 Å². The van der Waals surface area contributed by atoms with E-state index < -0.39 is 0 Å². The summed E-state index contributed by atoms with van der Waals surface area (Å²) < 4.78 is 5.80. The van der Waals surface area contributed by atoms with Crippen molar-refractivity contribution in [2.75, 3.05) is 6.61 Å². The van der Waals surface area contributed by atoms with E-state index in [2.05, 4.69) is 5.32 Å². The van der Waals surface area contributed by atoms with Gasteiger partial charge in [-0.15, -0.1) is 11.3 Å². The highest BCUT2D eigenvalue weighted by Gasteiger charge is 2.40. The normalized spacial score (nSPS) is 29.8. The van der Waals surface area contributed by atoms with Gasteiger partial charge in [0.2, 0.25) is 0 Å². The Bertz CT molecular complexity index is 364. The Balaban J connectivity index is 1.54. The predicted octanol–water partition coefficient (Wildman–Crippen LogP) is 3.06. The van der Waals surface area contributed by atoms with Crippen molar-refractivity contribution in [2.24, 2.45) is 5.92 Å². The summed E-state index contributed by atoms with van der Waals surface area (Å²) in [6.07, 6.45) is 4.33. The molecule has 2 fully saturated rings. The van der Waals surface area contributed by atoms with Crippen molar-refractivity contribution >= 4 is 22.9 Å². The summed E-state index contributed by atoms with van der Waals surface area (Å²) in [4.78, 5) is 1.31. The number of ether oxygens (including phenoxy) is 1. The van der Waals surface area contributed by atoms with Gasteiger partial charge in [-0.05, 0) is 31.2 Å². The Hall–Kier alpha value is -0.0900. The number of thiophene rings is 1. The molecule has 88 valence electrons. The summed E-state index contributed by atoms with van der Waals surface area (Å²) >= 11 is 7.63. The van der Waals surface area contributed by atoms with Gasteiger partial charge in [-0.2, -0.15) is 0 Å². The van der Waals surface area contributed by atoms with Crippen LogP contribution in [0.15, 0.2) is 11.4 Å². The number of halogens is 1. The van der Waals surface area contributed by atoms with Gasteiger partial charge in [0.25, 0.3) is 0 Å². The Morgan fingerprint density at radius 1 is 1.44 bits per heavy atom. The van der Waals surface area contributed by atoms with E-state index in [1.165, 1.54) is 17.7 Å². The van der Waals surface area contributed by atoms with E-state index in [4.69, 9.17) is 16.3 Å².